The fourth-order valence-corrected chi connectivity index (χ4v) is 3.94. The molecule has 1 unspecified atom stereocenters. The maximum absolute atomic E-state index is 12.7. The van der Waals surface area contributed by atoms with Crippen LogP contribution in [-0.4, -0.2) is 19.5 Å². The number of nitrogens with one attached hydrogen (secondary N) is 1. The van der Waals surface area contributed by atoms with Gasteiger partial charge in [-0.1, -0.05) is 15.9 Å². The molecule has 0 saturated heterocycles. The average molecular weight is 488 g/mol. The first-order chi connectivity index (χ1) is 14.3. The highest BCUT2D eigenvalue weighted by Crippen LogP contribution is 2.35. The number of hydrogen-bond acceptors (Lipinski definition) is 6. The van der Waals surface area contributed by atoms with Gasteiger partial charge in [-0.15, -0.1) is 0 Å². The zero-order chi connectivity index (χ0) is 21.4. The summed E-state index contributed by atoms with van der Waals surface area (Å²) in [4.78, 5) is 13.2. The lowest BCUT2D eigenvalue weighted by Gasteiger charge is -2.09. The molecular formula is C21H14BrNO6S. The third-order valence-corrected chi connectivity index (χ3v) is 5.99. The topological polar surface area (TPSA) is 120 Å². The van der Waals surface area contributed by atoms with Crippen molar-refractivity contribution in [1.82, 2.24) is 0 Å². The molecule has 0 bridgehead atoms. The van der Waals surface area contributed by atoms with Crippen LogP contribution in [0.25, 0.3) is 22.3 Å². The monoisotopic (exact) mass is 487 g/mol. The molecule has 1 heterocycles. The van der Waals surface area contributed by atoms with Crippen LogP contribution in [0.3, 0.4) is 0 Å². The van der Waals surface area contributed by atoms with Crippen molar-refractivity contribution in [3.8, 4) is 28.6 Å². The minimum atomic E-state index is -1.55. The van der Waals surface area contributed by atoms with Crippen molar-refractivity contribution >= 4 is 43.6 Å². The lowest BCUT2D eigenvalue weighted by atomic mass is 10.1. The SMILES string of the molecule is O=c1c(O)c(-c2ccc(O)c(O)c2)oc2ccc(NS(=O)c3ccc(Br)cc3)cc12. The molecule has 4 aromatic rings. The number of benzene rings is 3. The van der Waals surface area contributed by atoms with Crippen molar-refractivity contribution in [3.05, 3.63) is 75.4 Å². The van der Waals surface area contributed by atoms with Crippen LogP contribution in [0.15, 0.2) is 79.2 Å². The molecule has 7 nitrogen and oxygen atoms in total. The molecule has 0 aliphatic heterocycles. The normalized spacial score (nSPS) is 12.0. The fraction of sp³-hybridized carbons (Fsp3) is 0. The van der Waals surface area contributed by atoms with E-state index in [1.54, 1.807) is 30.3 Å². The Hall–Kier alpha value is -3.30. The van der Waals surface area contributed by atoms with Crippen molar-refractivity contribution in [3.63, 3.8) is 0 Å². The molecule has 4 N–H and O–H groups in total. The van der Waals surface area contributed by atoms with Crippen LogP contribution in [0.2, 0.25) is 0 Å². The maximum Gasteiger partial charge on any atom is 0.235 e. The predicted octanol–water partition coefficient (Wildman–Crippen LogP) is 4.47. The quantitative estimate of drug-likeness (QED) is 0.315. The number of aromatic hydroxyl groups is 3. The van der Waals surface area contributed by atoms with E-state index in [1.165, 1.54) is 30.3 Å². The van der Waals surface area contributed by atoms with Gasteiger partial charge in [0.25, 0.3) is 0 Å². The van der Waals surface area contributed by atoms with E-state index in [-0.39, 0.29) is 28.0 Å². The van der Waals surface area contributed by atoms with Crippen LogP contribution < -0.4 is 10.2 Å². The summed E-state index contributed by atoms with van der Waals surface area (Å²) in [5.74, 6) is -1.53. The summed E-state index contributed by atoms with van der Waals surface area (Å²) in [5.41, 5.74) is 0.142. The van der Waals surface area contributed by atoms with Gasteiger partial charge in [-0.25, -0.2) is 4.21 Å². The standard InChI is InChI=1S/C21H14BrNO6S/c22-12-2-5-14(6-3-12)30(28)23-13-4-8-18-15(10-13)19(26)20(27)21(29-18)11-1-7-16(24)17(25)9-11/h1-10,23-25,27H. The van der Waals surface area contributed by atoms with E-state index in [2.05, 4.69) is 20.7 Å². The molecule has 0 aliphatic carbocycles. The van der Waals surface area contributed by atoms with Crippen LogP contribution in [0, 0.1) is 0 Å². The highest BCUT2D eigenvalue weighted by molar-refractivity contribution is 9.10. The van der Waals surface area contributed by atoms with Gasteiger partial charge in [-0.2, -0.15) is 0 Å². The Morgan fingerprint density at radius 2 is 1.63 bits per heavy atom. The van der Waals surface area contributed by atoms with Crippen molar-refractivity contribution in [2.24, 2.45) is 0 Å². The number of phenols is 2. The van der Waals surface area contributed by atoms with Gasteiger partial charge in [0.2, 0.25) is 11.2 Å². The van der Waals surface area contributed by atoms with Crippen LogP contribution in [0.1, 0.15) is 0 Å². The van der Waals surface area contributed by atoms with Crippen LogP contribution in [0.4, 0.5) is 5.69 Å². The smallest absolute Gasteiger partial charge is 0.235 e. The summed E-state index contributed by atoms with van der Waals surface area (Å²) < 4.78 is 21.8. The first kappa shape index (κ1) is 20.0. The molecule has 0 aliphatic rings. The number of phenolic OH excluding ortho intramolecular Hbond substituents is 2. The van der Waals surface area contributed by atoms with Gasteiger partial charge < -0.3 is 24.5 Å². The van der Waals surface area contributed by atoms with Crippen LogP contribution in [0.5, 0.6) is 17.2 Å². The van der Waals surface area contributed by atoms with E-state index in [0.29, 0.717) is 10.6 Å². The van der Waals surface area contributed by atoms with Crippen molar-refractivity contribution in [1.29, 1.82) is 0 Å². The van der Waals surface area contributed by atoms with Crippen LogP contribution >= 0.6 is 15.9 Å². The Kier molecular flexibility index (Phi) is 5.23. The molecule has 30 heavy (non-hydrogen) atoms. The molecule has 0 amide bonds. The van der Waals surface area contributed by atoms with E-state index in [0.717, 1.165) is 4.47 Å². The molecule has 0 fully saturated rings. The second-order valence-electron chi connectivity index (χ2n) is 6.35. The lowest BCUT2D eigenvalue weighted by Crippen LogP contribution is -2.07. The minimum absolute atomic E-state index is 0.0945. The Balaban J connectivity index is 1.72. The zero-order valence-corrected chi connectivity index (χ0v) is 17.5. The lowest BCUT2D eigenvalue weighted by molar-refractivity contribution is 0.403. The van der Waals surface area contributed by atoms with Gasteiger partial charge in [0.1, 0.15) is 16.6 Å². The maximum atomic E-state index is 12.7. The average Bonchev–Trinajstić information content (AvgIpc) is 2.73. The zero-order valence-electron chi connectivity index (χ0n) is 15.1. The molecule has 3 aromatic carbocycles. The van der Waals surface area contributed by atoms with Gasteiger partial charge in [0.05, 0.1) is 10.3 Å². The van der Waals surface area contributed by atoms with Gasteiger partial charge in [-0.05, 0) is 60.7 Å². The highest BCUT2D eigenvalue weighted by Gasteiger charge is 2.17. The third kappa shape index (κ3) is 3.77. The first-order valence-electron chi connectivity index (χ1n) is 8.59. The molecule has 0 spiro atoms. The van der Waals surface area contributed by atoms with Gasteiger partial charge >= 0.3 is 0 Å². The predicted molar refractivity (Wildman–Crippen MR) is 117 cm³/mol. The van der Waals surface area contributed by atoms with Crippen molar-refractivity contribution < 1.29 is 23.9 Å². The molecule has 1 aromatic heterocycles. The Bertz CT molecular complexity index is 1350. The summed E-state index contributed by atoms with van der Waals surface area (Å²) in [5, 5.41) is 29.6. The van der Waals surface area contributed by atoms with Crippen molar-refractivity contribution in [2.75, 3.05) is 4.72 Å². The van der Waals surface area contributed by atoms with E-state index in [4.69, 9.17) is 4.42 Å². The van der Waals surface area contributed by atoms with Gasteiger partial charge in [-0.3, -0.25) is 4.79 Å². The Labute approximate surface area is 181 Å². The summed E-state index contributed by atoms with van der Waals surface area (Å²) in [6.45, 7) is 0. The second-order valence-corrected chi connectivity index (χ2v) is 8.48. The van der Waals surface area contributed by atoms with E-state index in [9.17, 15) is 24.3 Å². The third-order valence-electron chi connectivity index (χ3n) is 4.34. The van der Waals surface area contributed by atoms with Crippen LogP contribution in [-0.2, 0) is 11.0 Å². The minimum Gasteiger partial charge on any atom is -0.504 e. The molecule has 9 heteroatoms. The summed E-state index contributed by atoms with van der Waals surface area (Å²) in [6.07, 6.45) is 0. The largest absolute Gasteiger partial charge is 0.504 e. The Morgan fingerprint density at radius 1 is 0.900 bits per heavy atom. The molecule has 4 rings (SSSR count). The van der Waals surface area contributed by atoms with E-state index in [1.807, 2.05) is 0 Å². The van der Waals surface area contributed by atoms with E-state index < -0.39 is 27.9 Å². The molecule has 1 atom stereocenters. The Morgan fingerprint density at radius 3 is 2.33 bits per heavy atom. The second kappa shape index (κ2) is 7.85. The summed E-state index contributed by atoms with van der Waals surface area (Å²) in [7, 11) is -1.55. The fourth-order valence-electron chi connectivity index (χ4n) is 2.83. The number of halogens is 1. The number of rotatable bonds is 4. The number of fused-ring (bicyclic) bond motifs is 1. The molecule has 0 radical (unpaired) electrons. The number of hydrogen-bond donors (Lipinski definition) is 4. The number of anilines is 1. The summed E-state index contributed by atoms with van der Waals surface area (Å²) >= 11 is 3.32. The van der Waals surface area contributed by atoms with Gasteiger partial charge in [0.15, 0.2) is 17.3 Å². The molecular weight excluding hydrogens is 474 g/mol. The molecule has 0 saturated carbocycles. The highest BCUT2D eigenvalue weighted by atomic mass is 79.9. The van der Waals surface area contributed by atoms with Gasteiger partial charge in [0, 0.05) is 15.7 Å². The molecule has 152 valence electrons. The van der Waals surface area contributed by atoms with E-state index >= 15 is 0 Å². The van der Waals surface area contributed by atoms with Crippen molar-refractivity contribution in [2.45, 2.75) is 4.90 Å². The summed E-state index contributed by atoms with van der Waals surface area (Å²) in [6, 6.07) is 15.3. The first-order valence-corrected chi connectivity index (χ1v) is 10.5.